The van der Waals surface area contributed by atoms with E-state index in [0.29, 0.717) is 32.7 Å². The summed E-state index contributed by atoms with van der Waals surface area (Å²) >= 11 is 6.62. The van der Waals surface area contributed by atoms with E-state index in [1.54, 1.807) is 22.9 Å². The maximum Gasteiger partial charge on any atom is 0.221 e. The average molecular weight is 349 g/mol. The van der Waals surface area contributed by atoms with Crippen LogP contribution >= 0.6 is 23.6 Å². The van der Waals surface area contributed by atoms with Crippen molar-refractivity contribution in [2.45, 2.75) is 27.3 Å². The van der Waals surface area contributed by atoms with E-state index in [1.165, 1.54) is 18.3 Å². The molecule has 5 nitrogen and oxygen atoms in total. The number of hydrogen-bond donors (Lipinski definition) is 2. The van der Waals surface area contributed by atoms with Gasteiger partial charge < -0.3 is 10.4 Å². The van der Waals surface area contributed by atoms with E-state index in [0.717, 1.165) is 0 Å². The first-order chi connectivity index (χ1) is 10.9. The first kappa shape index (κ1) is 17.4. The van der Waals surface area contributed by atoms with E-state index in [4.69, 9.17) is 12.2 Å². The second-order valence-electron chi connectivity index (χ2n) is 5.55. The van der Waals surface area contributed by atoms with Gasteiger partial charge in [-0.3, -0.25) is 14.4 Å². The third-order valence-corrected chi connectivity index (χ3v) is 4.31. The largest absolute Gasteiger partial charge is 0.493 e. The summed E-state index contributed by atoms with van der Waals surface area (Å²) in [5.74, 6) is 0.407. The van der Waals surface area contributed by atoms with E-state index in [2.05, 4.69) is 24.2 Å². The second kappa shape index (κ2) is 7.52. The molecule has 1 amide bonds. The minimum Gasteiger partial charge on any atom is -0.493 e. The van der Waals surface area contributed by atoms with Crippen LogP contribution in [-0.2, 0) is 11.3 Å². The second-order valence-corrected chi connectivity index (χ2v) is 7.23. The molecule has 2 rings (SSSR count). The average Bonchev–Trinajstić information content (AvgIpc) is 2.72. The predicted octanol–water partition coefficient (Wildman–Crippen LogP) is 4.35. The summed E-state index contributed by atoms with van der Waals surface area (Å²) in [4.78, 5) is 16.1. The van der Waals surface area contributed by atoms with E-state index in [9.17, 15) is 9.90 Å². The van der Waals surface area contributed by atoms with Crippen molar-refractivity contribution in [3.8, 4) is 5.88 Å². The molecule has 23 heavy (non-hydrogen) atoms. The highest BCUT2D eigenvalue weighted by Gasteiger charge is 2.11. The summed E-state index contributed by atoms with van der Waals surface area (Å²) in [5.41, 5.74) is 1.37. The van der Waals surface area contributed by atoms with E-state index in [1.807, 2.05) is 12.1 Å². The Kier molecular flexibility index (Phi) is 5.68. The van der Waals surface area contributed by atoms with Crippen molar-refractivity contribution in [3.05, 3.63) is 33.1 Å². The summed E-state index contributed by atoms with van der Waals surface area (Å²) in [5, 5.41) is 13.0. The molecule has 0 radical (unpaired) electrons. The van der Waals surface area contributed by atoms with Gasteiger partial charge in [0.05, 0.1) is 11.9 Å². The van der Waals surface area contributed by atoms with Crippen molar-refractivity contribution >= 4 is 47.1 Å². The van der Waals surface area contributed by atoms with Gasteiger partial charge in [-0.05, 0) is 36.3 Å². The predicted molar refractivity (Wildman–Crippen MR) is 97.6 cm³/mol. The molecule has 0 aliphatic heterocycles. The smallest absolute Gasteiger partial charge is 0.221 e. The van der Waals surface area contributed by atoms with E-state index < -0.39 is 0 Å². The highest BCUT2D eigenvalue weighted by molar-refractivity contribution is 7.73. The number of nitrogens with zero attached hydrogens (tertiary/aromatic N) is 2. The molecule has 0 atom stereocenters. The minimum absolute atomic E-state index is 0.132. The highest BCUT2D eigenvalue weighted by Crippen LogP contribution is 2.26. The Morgan fingerprint density at radius 1 is 1.52 bits per heavy atom. The molecule has 1 heterocycles. The van der Waals surface area contributed by atoms with Crippen molar-refractivity contribution in [3.63, 3.8) is 0 Å². The third kappa shape index (κ3) is 4.74. The van der Waals surface area contributed by atoms with Gasteiger partial charge in [0.15, 0.2) is 3.95 Å². The number of anilines is 1. The number of thiazole rings is 1. The normalized spacial score (nSPS) is 11.3. The monoisotopic (exact) mass is 349 g/mol. The van der Waals surface area contributed by atoms with Gasteiger partial charge in [-0.25, -0.2) is 0 Å². The van der Waals surface area contributed by atoms with Crippen molar-refractivity contribution < 1.29 is 9.90 Å². The minimum atomic E-state index is -0.132. The molecule has 0 fully saturated rings. The number of benzene rings is 1. The standard InChI is InChI=1S/C16H19N3O2S2/c1-10(2)9-19-15(21)14(23-16(19)22)8-17-12-5-4-6-13(7-12)18-11(3)20/h4-8,10,21H,9H2,1-3H3,(H,18,20). The molecule has 2 N–H and O–H groups in total. The van der Waals surface area contributed by atoms with Gasteiger partial charge in [-0.15, -0.1) is 0 Å². The molecule has 1 aromatic carbocycles. The van der Waals surface area contributed by atoms with Crippen molar-refractivity contribution in [2.75, 3.05) is 5.32 Å². The van der Waals surface area contributed by atoms with Crippen LogP contribution in [0.3, 0.4) is 0 Å². The van der Waals surface area contributed by atoms with Crippen LogP contribution in [-0.4, -0.2) is 21.8 Å². The molecule has 0 saturated heterocycles. The number of amides is 1. The number of rotatable bonds is 5. The number of aromatic nitrogens is 1. The quantitative estimate of drug-likeness (QED) is 0.623. The van der Waals surface area contributed by atoms with Crippen LogP contribution in [0, 0.1) is 9.87 Å². The van der Waals surface area contributed by atoms with Crippen LogP contribution in [0.4, 0.5) is 11.4 Å². The first-order valence-corrected chi connectivity index (χ1v) is 8.43. The van der Waals surface area contributed by atoms with Gasteiger partial charge in [0.25, 0.3) is 0 Å². The number of aliphatic imine (C=N–C) groups is 1. The number of nitrogens with one attached hydrogen (secondary N) is 1. The molecule has 1 aromatic heterocycles. The molecule has 0 aliphatic rings. The summed E-state index contributed by atoms with van der Waals surface area (Å²) in [6.45, 7) is 6.27. The molecule has 122 valence electrons. The van der Waals surface area contributed by atoms with Gasteiger partial charge >= 0.3 is 0 Å². The molecule has 0 spiro atoms. The Morgan fingerprint density at radius 3 is 2.91 bits per heavy atom. The van der Waals surface area contributed by atoms with Crippen LogP contribution in [0.1, 0.15) is 25.6 Å². The maximum atomic E-state index is 11.1. The van der Waals surface area contributed by atoms with E-state index in [-0.39, 0.29) is 11.8 Å². The van der Waals surface area contributed by atoms with Crippen LogP contribution in [0.2, 0.25) is 0 Å². The Labute approximate surface area is 144 Å². The Balaban J connectivity index is 2.24. The topological polar surface area (TPSA) is 66.6 Å². The fourth-order valence-corrected chi connectivity index (χ4v) is 3.22. The molecule has 0 bridgehead atoms. The number of hydrogen-bond acceptors (Lipinski definition) is 5. The van der Waals surface area contributed by atoms with Gasteiger partial charge in [-0.2, -0.15) is 0 Å². The van der Waals surface area contributed by atoms with Crippen molar-refractivity contribution in [1.82, 2.24) is 4.57 Å². The molecule has 0 saturated carbocycles. The van der Waals surface area contributed by atoms with Crippen molar-refractivity contribution in [1.29, 1.82) is 0 Å². The number of carbonyl (C=O) groups is 1. The summed E-state index contributed by atoms with van der Waals surface area (Å²) < 4.78 is 2.35. The lowest BCUT2D eigenvalue weighted by molar-refractivity contribution is -0.114. The zero-order valence-corrected chi connectivity index (χ0v) is 14.9. The zero-order valence-electron chi connectivity index (χ0n) is 13.2. The highest BCUT2D eigenvalue weighted by atomic mass is 32.1. The number of aromatic hydroxyl groups is 1. The van der Waals surface area contributed by atoms with Gasteiger partial charge in [0.1, 0.15) is 4.88 Å². The summed E-state index contributed by atoms with van der Waals surface area (Å²) in [6, 6.07) is 7.19. The van der Waals surface area contributed by atoms with Crippen LogP contribution in [0.25, 0.3) is 0 Å². The molecule has 2 aromatic rings. The molecule has 0 aliphatic carbocycles. The summed E-state index contributed by atoms with van der Waals surface area (Å²) in [7, 11) is 0. The molecule has 0 unspecified atom stereocenters. The molecule has 7 heteroatoms. The van der Waals surface area contributed by atoms with Gasteiger partial charge in [0, 0.05) is 19.2 Å². The van der Waals surface area contributed by atoms with Gasteiger partial charge in [0.2, 0.25) is 11.8 Å². The lowest BCUT2D eigenvalue weighted by Gasteiger charge is -2.07. The van der Waals surface area contributed by atoms with Gasteiger partial charge in [-0.1, -0.05) is 31.3 Å². The summed E-state index contributed by atoms with van der Waals surface area (Å²) in [6.07, 6.45) is 1.60. The Bertz CT molecular complexity index is 791. The molecular weight excluding hydrogens is 330 g/mol. The maximum absolute atomic E-state index is 11.1. The number of carbonyl (C=O) groups excluding carboxylic acids is 1. The zero-order chi connectivity index (χ0) is 17.0. The van der Waals surface area contributed by atoms with Crippen molar-refractivity contribution in [2.24, 2.45) is 10.9 Å². The van der Waals surface area contributed by atoms with E-state index >= 15 is 0 Å². The van der Waals surface area contributed by atoms with Crippen LogP contribution in [0.15, 0.2) is 29.3 Å². The molecular formula is C16H19N3O2S2. The SMILES string of the molecule is CC(=O)Nc1cccc(N=Cc2sc(=S)n(CC(C)C)c2O)c1. The lowest BCUT2D eigenvalue weighted by Crippen LogP contribution is -2.05. The van der Waals surface area contributed by atoms with Crippen LogP contribution in [0.5, 0.6) is 5.88 Å². The Morgan fingerprint density at radius 2 is 2.26 bits per heavy atom. The first-order valence-electron chi connectivity index (χ1n) is 7.21. The lowest BCUT2D eigenvalue weighted by atomic mass is 10.2. The Hall–Kier alpha value is -1.99. The van der Waals surface area contributed by atoms with Crippen LogP contribution < -0.4 is 5.32 Å². The fraction of sp³-hybridized carbons (Fsp3) is 0.312. The fourth-order valence-electron chi connectivity index (χ4n) is 2.02. The third-order valence-electron chi connectivity index (χ3n) is 2.94.